The summed E-state index contributed by atoms with van der Waals surface area (Å²) in [6, 6.07) is 0. The van der Waals surface area contributed by atoms with Crippen molar-refractivity contribution in [3.63, 3.8) is 0 Å². The topological polar surface area (TPSA) is 78.9 Å². The Hall–Kier alpha value is -4.19. The van der Waals surface area contributed by atoms with Crippen molar-refractivity contribution in [2.75, 3.05) is 13.2 Å². The minimum absolute atomic E-state index is 0.0773. The molecule has 0 saturated carbocycles. The minimum Gasteiger partial charge on any atom is -0.462 e. The summed E-state index contributed by atoms with van der Waals surface area (Å²) in [6.45, 7) is 6.39. The lowest BCUT2D eigenvalue weighted by molar-refractivity contribution is -0.167. The Morgan fingerprint density at radius 3 is 0.735 bits per heavy atom. The monoisotopic (exact) mass is 1150 g/mol. The molecule has 0 heterocycles. The van der Waals surface area contributed by atoms with Crippen LogP contribution in [0.15, 0.2) is 122 Å². The van der Waals surface area contributed by atoms with Gasteiger partial charge in [0.2, 0.25) is 0 Å². The Morgan fingerprint density at radius 1 is 0.253 bits per heavy atom. The van der Waals surface area contributed by atoms with Gasteiger partial charge in [0.15, 0.2) is 6.10 Å². The lowest BCUT2D eigenvalue weighted by Crippen LogP contribution is -2.30. The number of hydrogen-bond acceptors (Lipinski definition) is 6. The molecule has 0 aliphatic carbocycles. The molecule has 83 heavy (non-hydrogen) atoms. The van der Waals surface area contributed by atoms with Gasteiger partial charge in [0.25, 0.3) is 0 Å². The summed E-state index contributed by atoms with van der Waals surface area (Å²) in [7, 11) is 0. The van der Waals surface area contributed by atoms with Crippen LogP contribution in [-0.2, 0) is 28.6 Å². The predicted molar refractivity (Wildman–Crippen MR) is 362 cm³/mol. The molecule has 0 aromatic rings. The maximum atomic E-state index is 12.9. The highest BCUT2D eigenvalue weighted by atomic mass is 16.6. The molecule has 1 unspecified atom stereocenters. The van der Waals surface area contributed by atoms with Gasteiger partial charge in [-0.1, -0.05) is 322 Å². The predicted octanol–water partition coefficient (Wildman–Crippen LogP) is 24.3. The van der Waals surface area contributed by atoms with Crippen LogP contribution in [0.2, 0.25) is 0 Å². The van der Waals surface area contributed by atoms with E-state index in [1.54, 1.807) is 0 Å². The molecule has 0 saturated heterocycles. The fourth-order valence-electron chi connectivity index (χ4n) is 9.79. The third-order valence-electron chi connectivity index (χ3n) is 15.0. The first kappa shape index (κ1) is 78.8. The van der Waals surface area contributed by atoms with Gasteiger partial charge in [0.05, 0.1) is 0 Å². The van der Waals surface area contributed by atoms with Crippen LogP contribution in [0.1, 0.15) is 329 Å². The van der Waals surface area contributed by atoms with Crippen LogP contribution in [0, 0.1) is 0 Å². The zero-order chi connectivity index (χ0) is 59.9. The van der Waals surface area contributed by atoms with Gasteiger partial charge in [0.1, 0.15) is 13.2 Å². The smallest absolute Gasteiger partial charge is 0.306 e. The van der Waals surface area contributed by atoms with Gasteiger partial charge in [-0.3, -0.25) is 14.4 Å². The summed E-state index contributed by atoms with van der Waals surface area (Å²) in [5.41, 5.74) is 0. The van der Waals surface area contributed by atoms with Crippen molar-refractivity contribution in [2.45, 2.75) is 335 Å². The van der Waals surface area contributed by atoms with Crippen molar-refractivity contribution in [1.82, 2.24) is 0 Å². The fraction of sp³-hybridized carbons (Fsp3) is 0.701. The number of esters is 3. The minimum atomic E-state index is -0.779. The quantitative estimate of drug-likeness (QED) is 0.0261. The van der Waals surface area contributed by atoms with E-state index < -0.39 is 6.10 Å². The summed E-state index contributed by atoms with van der Waals surface area (Å²) >= 11 is 0. The zero-order valence-corrected chi connectivity index (χ0v) is 54.4. The summed E-state index contributed by atoms with van der Waals surface area (Å²) in [5.74, 6) is -0.877. The first-order chi connectivity index (χ1) is 41.0. The van der Waals surface area contributed by atoms with Crippen molar-refractivity contribution < 1.29 is 28.6 Å². The van der Waals surface area contributed by atoms with E-state index in [9.17, 15) is 14.4 Å². The Morgan fingerprint density at radius 2 is 0.470 bits per heavy atom. The highest BCUT2D eigenvalue weighted by Gasteiger charge is 2.19. The van der Waals surface area contributed by atoms with E-state index in [0.29, 0.717) is 19.3 Å². The molecule has 0 N–H and O–H groups in total. The van der Waals surface area contributed by atoms with E-state index in [0.717, 1.165) is 122 Å². The molecule has 0 fully saturated rings. The second-order valence-electron chi connectivity index (χ2n) is 23.0. The van der Waals surface area contributed by atoms with E-state index in [1.165, 1.54) is 167 Å². The Balaban J connectivity index is 4.05. The highest BCUT2D eigenvalue weighted by Crippen LogP contribution is 2.17. The molecule has 474 valence electrons. The molecular weight excluding hydrogens is 1020 g/mol. The van der Waals surface area contributed by atoms with Crippen molar-refractivity contribution in [1.29, 1.82) is 0 Å². The molecule has 6 heteroatoms. The van der Waals surface area contributed by atoms with E-state index in [2.05, 4.69) is 142 Å². The van der Waals surface area contributed by atoms with Gasteiger partial charge < -0.3 is 14.2 Å². The summed E-state index contributed by atoms with van der Waals surface area (Å²) in [6.07, 6.45) is 98.3. The van der Waals surface area contributed by atoms with Crippen molar-refractivity contribution >= 4 is 17.9 Å². The van der Waals surface area contributed by atoms with Crippen LogP contribution in [0.25, 0.3) is 0 Å². The van der Waals surface area contributed by atoms with Gasteiger partial charge in [-0.05, 0) is 109 Å². The molecular formula is C77H130O6. The number of carbonyl (C=O) groups excluding carboxylic acids is 3. The number of rotatable bonds is 63. The molecule has 0 amide bonds. The normalized spacial score (nSPS) is 12.9. The van der Waals surface area contributed by atoms with Gasteiger partial charge >= 0.3 is 17.9 Å². The number of allylic oxidation sites excluding steroid dienone is 20. The standard InChI is InChI=1S/C77H130O6/c1-4-7-10-13-16-18-20-22-24-26-28-30-32-33-34-35-36-37-38-39-40-41-42-43-45-46-48-50-52-54-56-58-61-64-67-70-76(79)82-73-74(72-81-75(78)69-66-63-60-15-12-9-6-3)83-77(80)71-68-65-62-59-57-55-53-51-49-47-44-31-29-27-25-23-21-19-17-14-11-8-5-2/h7-8,10-11,16-19,22-25,28-31,33-34,36-37,74H,4-6,9,12-15,20-21,26-27,32,35,38-73H2,1-3H3/b10-7-,11-8-,18-16-,19-17-,24-22-,25-23-,30-28-,31-29-,34-33-,37-36-. The van der Waals surface area contributed by atoms with Crippen molar-refractivity contribution in [2.24, 2.45) is 0 Å². The number of hydrogen-bond donors (Lipinski definition) is 0. The number of unbranched alkanes of at least 4 members (excludes halogenated alkanes) is 32. The molecule has 0 spiro atoms. The molecule has 1 atom stereocenters. The zero-order valence-electron chi connectivity index (χ0n) is 54.4. The molecule has 0 bridgehead atoms. The first-order valence-corrected chi connectivity index (χ1v) is 35.0. The SMILES string of the molecule is CC/C=C\C/C=C\C/C=C\C/C=C\C/C=C\C/C=C\CCCCCCCCCCCCCCCCCCC(=O)OCC(COC(=O)CCCCCCCCC)OC(=O)CCCCCCCCCCCC/C=C\C/C=C\C/C=C\C/C=C\CC. The molecule has 0 radical (unpaired) electrons. The largest absolute Gasteiger partial charge is 0.462 e. The van der Waals surface area contributed by atoms with Crippen molar-refractivity contribution in [3.05, 3.63) is 122 Å². The Kier molecular flexibility index (Phi) is 66.7. The first-order valence-electron chi connectivity index (χ1n) is 35.0. The van der Waals surface area contributed by atoms with Crippen LogP contribution in [-0.4, -0.2) is 37.2 Å². The maximum absolute atomic E-state index is 12.9. The average molecular weight is 1150 g/mol. The van der Waals surface area contributed by atoms with E-state index in [-0.39, 0.29) is 31.1 Å². The summed E-state index contributed by atoms with van der Waals surface area (Å²) in [4.78, 5) is 38.2. The van der Waals surface area contributed by atoms with E-state index in [1.807, 2.05) is 0 Å². The fourth-order valence-corrected chi connectivity index (χ4v) is 9.79. The maximum Gasteiger partial charge on any atom is 0.306 e. The number of ether oxygens (including phenoxy) is 3. The third-order valence-corrected chi connectivity index (χ3v) is 15.0. The summed E-state index contributed by atoms with van der Waals surface area (Å²) < 4.78 is 16.9. The number of carbonyl (C=O) groups is 3. The Bertz CT molecular complexity index is 1700. The van der Waals surface area contributed by atoms with Crippen LogP contribution in [0.4, 0.5) is 0 Å². The van der Waals surface area contributed by atoms with Gasteiger partial charge in [-0.2, -0.15) is 0 Å². The van der Waals surface area contributed by atoms with Crippen LogP contribution in [0.3, 0.4) is 0 Å². The molecule has 0 aliphatic heterocycles. The van der Waals surface area contributed by atoms with Crippen LogP contribution < -0.4 is 0 Å². The van der Waals surface area contributed by atoms with Crippen molar-refractivity contribution in [3.8, 4) is 0 Å². The van der Waals surface area contributed by atoms with Crippen LogP contribution >= 0.6 is 0 Å². The second kappa shape index (κ2) is 70.3. The lowest BCUT2D eigenvalue weighted by Gasteiger charge is -2.18. The van der Waals surface area contributed by atoms with Gasteiger partial charge in [-0.25, -0.2) is 0 Å². The van der Waals surface area contributed by atoms with Crippen LogP contribution in [0.5, 0.6) is 0 Å². The van der Waals surface area contributed by atoms with E-state index in [4.69, 9.17) is 14.2 Å². The third kappa shape index (κ3) is 68.5. The summed E-state index contributed by atoms with van der Waals surface area (Å²) in [5, 5.41) is 0. The molecule has 0 rings (SSSR count). The van der Waals surface area contributed by atoms with Gasteiger partial charge in [-0.15, -0.1) is 0 Å². The molecule has 0 aromatic heterocycles. The highest BCUT2D eigenvalue weighted by molar-refractivity contribution is 5.71. The lowest BCUT2D eigenvalue weighted by atomic mass is 10.0. The van der Waals surface area contributed by atoms with Gasteiger partial charge in [0, 0.05) is 19.3 Å². The molecule has 0 aromatic carbocycles. The molecule has 6 nitrogen and oxygen atoms in total. The van der Waals surface area contributed by atoms with E-state index >= 15 is 0 Å². The average Bonchev–Trinajstić information content (AvgIpc) is 3.49. The second-order valence-corrected chi connectivity index (χ2v) is 23.0. The Labute approximate surface area is 513 Å². The molecule has 0 aliphatic rings.